The fourth-order valence-electron chi connectivity index (χ4n) is 2.24. The van der Waals surface area contributed by atoms with Crippen LogP contribution < -0.4 is 5.32 Å². The molecule has 1 N–H and O–H groups in total. The summed E-state index contributed by atoms with van der Waals surface area (Å²) in [4.78, 5) is 0. The summed E-state index contributed by atoms with van der Waals surface area (Å²) in [6.45, 7) is 3.66. The smallest absolute Gasteiger partial charge is 0.0731 e. The number of piperidine rings is 1. The molecule has 0 amide bonds. The highest BCUT2D eigenvalue weighted by Crippen LogP contribution is 2.22. The predicted molar refractivity (Wildman–Crippen MR) is 83.6 cm³/mol. The summed E-state index contributed by atoms with van der Waals surface area (Å²) in [5.41, 5.74) is 1.00. The second-order valence-electron chi connectivity index (χ2n) is 4.79. The molecule has 108 valence electrons. The van der Waals surface area contributed by atoms with Gasteiger partial charge >= 0.3 is 0 Å². The van der Waals surface area contributed by atoms with Crippen molar-refractivity contribution in [2.75, 3.05) is 19.7 Å². The summed E-state index contributed by atoms with van der Waals surface area (Å²) in [7, 11) is 0. The Morgan fingerprint density at radius 3 is 2.84 bits per heavy atom. The molecule has 0 aromatic heterocycles. The molecule has 1 aliphatic heterocycles. The van der Waals surface area contributed by atoms with E-state index in [1.807, 2.05) is 12.1 Å². The lowest BCUT2D eigenvalue weighted by atomic mass is 9.97. The standard InChI is InChI=1S/C14H19Cl2NO.ClH/c15-13-4-3-12(14(16)8-13)10-18-7-5-11-2-1-6-17-9-11;/h3-4,8,11,17H,1-2,5-7,9-10H2;1H. The van der Waals surface area contributed by atoms with Gasteiger partial charge in [-0.2, -0.15) is 0 Å². The Morgan fingerprint density at radius 2 is 2.16 bits per heavy atom. The van der Waals surface area contributed by atoms with Crippen molar-refractivity contribution in [3.05, 3.63) is 33.8 Å². The summed E-state index contributed by atoms with van der Waals surface area (Å²) in [5, 5.41) is 4.76. The largest absolute Gasteiger partial charge is 0.377 e. The zero-order valence-corrected chi connectivity index (χ0v) is 13.2. The van der Waals surface area contributed by atoms with Gasteiger partial charge in [-0.15, -0.1) is 12.4 Å². The average molecular weight is 325 g/mol. The number of benzene rings is 1. The molecule has 19 heavy (non-hydrogen) atoms. The Morgan fingerprint density at radius 1 is 1.32 bits per heavy atom. The lowest BCUT2D eigenvalue weighted by Gasteiger charge is -2.22. The molecular formula is C14H20Cl3NO. The maximum Gasteiger partial charge on any atom is 0.0731 e. The molecule has 1 aromatic carbocycles. The molecule has 1 heterocycles. The zero-order valence-electron chi connectivity index (χ0n) is 10.8. The monoisotopic (exact) mass is 323 g/mol. The van der Waals surface area contributed by atoms with Gasteiger partial charge in [0.25, 0.3) is 0 Å². The van der Waals surface area contributed by atoms with E-state index >= 15 is 0 Å². The van der Waals surface area contributed by atoms with E-state index in [2.05, 4.69) is 5.32 Å². The van der Waals surface area contributed by atoms with Gasteiger partial charge in [-0.1, -0.05) is 29.3 Å². The van der Waals surface area contributed by atoms with E-state index in [1.165, 1.54) is 12.8 Å². The summed E-state index contributed by atoms with van der Waals surface area (Å²) in [6.07, 6.45) is 3.73. The highest BCUT2D eigenvalue weighted by atomic mass is 35.5. The first-order chi connectivity index (χ1) is 8.75. The molecule has 0 radical (unpaired) electrons. The summed E-state index contributed by atoms with van der Waals surface area (Å²) < 4.78 is 5.69. The Kier molecular flexibility index (Phi) is 8.12. The third-order valence-corrected chi connectivity index (χ3v) is 3.93. The molecule has 1 aromatic rings. The average Bonchev–Trinajstić information content (AvgIpc) is 2.38. The Bertz CT molecular complexity index is 381. The van der Waals surface area contributed by atoms with Crippen LogP contribution >= 0.6 is 35.6 Å². The van der Waals surface area contributed by atoms with Gasteiger partial charge < -0.3 is 10.1 Å². The van der Waals surface area contributed by atoms with Crippen molar-refractivity contribution in [2.45, 2.75) is 25.9 Å². The minimum Gasteiger partial charge on any atom is -0.377 e. The molecule has 0 spiro atoms. The summed E-state index contributed by atoms with van der Waals surface area (Å²) in [6, 6.07) is 5.52. The number of ether oxygens (including phenoxy) is 1. The SMILES string of the molecule is Cl.Clc1ccc(COCCC2CCCNC2)c(Cl)c1. The quantitative estimate of drug-likeness (QED) is 0.814. The number of nitrogens with one attached hydrogen (secondary N) is 1. The number of halogens is 3. The van der Waals surface area contributed by atoms with Crippen molar-refractivity contribution in [1.29, 1.82) is 0 Å². The molecule has 1 aliphatic rings. The molecule has 1 atom stereocenters. The van der Waals surface area contributed by atoms with Gasteiger partial charge in [0.15, 0.2) is 0 Å². The van der Waals surface area contributed by atoms with Crippen molar-refractivity contribution in [3.63, 3.8) is 0 Å². The third-order valence-electron chi connectivity index (χ3n) is 3.34. The summed E-state index contributed by atoms with van der Waals surface area (Å²) in [5.74, 6) is 0.763. The normalized spacial score (nSPS) is 18.9. The minimum atomic E-state index is 0. The molecule has 5 heteroatoms. The topological polar surface area (TPSA) is 21.3 Å². The van der Waals surface area contributed by atoms with E-state index in [1.54, 1.807) is 6.07 Å². The fourth-order valence-corrected chi connectivity index (χ4v) is 2.70. The Labute approximate surface area is 131 Å². The highest BCUT2D eigenvalue weighted by Gasteiger charge is 2.12. The molecule has 1 unspecified atom stereocenters. The van der Waals surface area contributed by atoms with E-state index in [9.17, 15) is 0 Å². The molecule has 0 bridgehead atoms. The summed E-state index contributed by atoms with van der Waals surface area (Å²) >= 11 is 11.9. The van der Waals surface area contributed by atoms with Gasteiger partial charge in [-0.3, -0.25) is 0 Å². The van der Waals surface area contributed by atoms with Crippen LogP contribution in [0.25, 0.3) is 0 Å². The maximum absolute atomic E-state index is 6.08. The van der Waals surface area contributed by atoms with Crippen molar-refractivity contribution in [2.24, 2.45) is 5.92 Å². The second kappa shape index (κ2) is 9.04. The first-order valence-corrected chi connectivity index (χ1v) is 7.23. The molecule has 0 aliphatic carbocycles. The number of hydrogen-bond acceptors (Lipinski definition) is 2. The molecule has 2 nitrogen and oxygen atoms in total. The van der Waals surface area contributed by atoms with Crippen molar-refractivity contribution < 1.29 is 4.74 Å². The fraction of sp³-hybridized carbons (Fsp3) is 0.571. The van der Waals surface area contributed by atoms with E-state index in [0.717, 1.165) is 37.6 Å². The second-order valence-corrected chi connectivity index (χ2v) is 5.63. The van der Waals surface area contributed by atoms with Gasteiger partial charge in [0.05, 0.1) is 6.61 Å². The van der Waals surface area contributed by atoms with Crippen LogP contribution in [0.4, 0.5) is 0 Å². The zero-order chi connectivity index (χ0) is 12.8. The van der Waals surface area contributed by atoms with Gasteiger partial charge in [-0.05, 0) is 56.0 Å². The van der Waals surface area contributed by atoms with Crippen LogP contribution in [0.5, 0.6) is 0 Å². The van der Waals surface area contributed by atoms with Crippen LogP contribution in [-0.2, 0) is 11.3 Å². The third kappa shape index (κ3) is 5.88. The first kappa shape index (κ1) is 17.1. The van der Waals surface area contributed by atoms with Gasteiger partial charge in [-0.25, -0.2) is 0 Å². The number of rotatable bonds is 5. The van der Waals surface area contributed by atoms with E-state index < -0.39 is 0 Å². The van der Waals surface area contributed by atoms with Crippen molar-refractivity contribution in [1.82, 2.24) is 5.32 Å². The van der Waals surface area contributed by atoms with Gasteiger partial charge in [0.2, 0.25) is 0 Å². The molecular weight excluding hydrogens is 305 g/mol. The lowest BCUT2D eigenvalue weighted by Crippen LogP contribution is -2.30. The lowest BCUT2D eigenvalue weighted by molar-refractivity contribution is 0.103. The van der Waals surface area contributed by atoms with E-state index in [4.69, 9.17) is 27.9 Å². The molecule has 0 saturated carbocycles. The number of hydrogen-bond donors (Lipinski definition) is 1. The van der Waals surface area contributed by atoms with Crippen LogP contribution in [0.15, 0.2) is 18.2 Å². The van der Waals surface area contributed by atoms with E-state index in [-0.39, 0.29) is 12.4 Å². The van der Waals surface area contributed by atoms with Crippen molar-refractivity contribution >= 4 is 35.6 Å². The van der Waals surface area contributed by atoms with Crippen LogP contribution in [0, 0.1) is 5.92 Å². The maximum atomic E-state index is 6.08. The Balaban J connectivity index is 0.00000180. The Hall–Kier alpha value is 0.01000. The first-order valence-electron chi connectivity index (χ1n) is 6.48. The van der Waals surface area contributed by atoms with Crippen LogP contribution in [0.1, 0.15) is 24.8 Å². The van der Waals surface area contributed by atoms with E-state index in [0.29, 0.717) is 16.7 Å². The van der Waals surface area contributed by atoms with Gasteiger partial charge in [0.1, 0.15) is 0 Å². The van der Waals surface area contributed by atoms with Crippen molar-refractivity contribution in [3.8, 4) is 0 Å². The van der Waals surface area contributed by atoms with Crippen LogP contribution in [0.2, 0.25) is 10.0 Å². The van der Waals surface area contributed by atoms with Crippen LogP contribution in [-0.4, -0.2) is 19.7 Å². The van der Waals surface area contributed by atoms with Gasteiger partial charge in [0, 0.05) is 16.7 Å². The van der Waals surface area contributed by atoms with Crippen LogP contribution in [0.3, 0.4) is 0 Å². The predicted octanol–water partition coefficient (Wildman–Crippen LogP) is 4.32. The molecule has 1 saturated heterocycles. The molecule has 2 rings (SSSR count). The highest BCUT2D eigenvalue weighted by molar-refractivity contribution is 6.35. The molecule has 1 fully saturated rings. The minimum absolute atomic E-state index is 0.